The number of hydrogen-bond acceptors (Lipinski definition) is 2. The second-order valence-electron chi connectivity index (χ2n) is 3.67. The molecule has 2 heteroatoms. The predicted octanol–water partition coefficient (Wildman–Crippen LogP) is 1.40. The van der Waals surface area contributed by atoms with E-state index in [9.17, 15) is 0 Å². The van der Waals surface area contributed by atoms with Gasteiger partial charge in [0.1, 0.15) is 0 Å². The normalized spacial score (nSPS) is 15.3. The van der Waals surface area contributed by atoms with Gasteiger partial charge in [0.15, 0.2) is 0 Å². The monoisotopic (exact) mass is 145 g/mol. The Morgan fingerprint density at radius 3 is 2.20 bits per heavy atom. The Balaban J connectivity index is 3.52. The number of nitrogens with two attached hydrogens (primary N) is 1. The molecular weight excluding hydrogens is 126 g/mol. The van der Waals surface area contributed by atoms with E-state index in [0.717, 1.165) is 0 Å². The molecule has 0 saturated heterocycles. The van der Waals surface area contributed by atoms with Gasteiger partial charge in [-0.15, -0.1) is 0 Å². The SMILES string of the molecule is CC(OCCN)C(C)(C)C. The van der Waals surface area contributed by atoms with Crippen LogP contribution in [0.3, 0.4) is 0 Å². The first-order valence-electron chi connectivity index (χ1n) is 3.80. The van der Waals surface area contributed by atoms with Gasteiger partial charge in [-0.05, 0) is 12.3 Å². The van der Waals surface area contributed by atoms with Crippen molar-refractivity contribution in [3.8, 4) is 0 Å². The number of ether oxygens (including phenoxy) is 1. The van der Waals surface area contributed by atoms with Gasteiger partial charge in [0.25, 0.3) is 0 Å². The lowest BCUT2D eigenvalue weighted by molar-refractivity contribution is -0.000610. The average Bonchev–Trinajstić information content (AvgIpc) is 1.80. The first-order valence-corrected chi connectivity index (χ1v) is 3.80. The van der Waals surface area contributed by atoms with E-state index in [2.05, 4.69) is 27.7 Å². The summed E-state index contributed by atoms with van der Waals surface area (Å²) in [6.07, 6.45) is 0.288. The summed E-state index contributed by atoms with van der Waals surface area (Å²) >= 11 is 0. The highest BCUT2D eigenvalue weighted by molar-refractivity contribution is 4.69. The van der Waals surface area contributed by atoms with E-state index in [1.807, 2.05) is 0 Å². The highest BCUT2D eigenvalue weighted by atomic mass is 16.5. The molecule has 1 atom stereocenters. The summed E-state index contributed by atoms with van der Waals surface area (Å²) < 4.78 is 5.43. The Kier molecular flexibility index (Phi) is 3.91. The third-order valence-electron chi connectivity index (χ3n) is 1.71. The summed E-state index contributed by atoms with van der Waals surface area (Å²) in [6.45, 7) is 9.84. The van der Waals surface area contributed by atoms with Crippen LogP contribution in [0.2, 0.25) is 0 Å². The number of hydrogen-bond donors (Lipinski definition) is 1. The van der Waals surface area contributed by atoms with Crippen LogP contribution in [0.5, 0.6) is 0 Å². The van der Waals surface area contributed by atoms with Crippen LogP contribution in [0, 0.1) is 5.41 Å². The van der Waals surface area contributed by atoms with Crippen LogP contribution in [0.15, 0.2) is 0 Å². The van der Waals surface area contributed by atoms with Gasteiger partial charge in [0.2, 0.25) is 0 Å². The highest BCUT2D eigenvalue weighted by Gasteiger charge is 2.19. The zero-order valence-electron chi connectivity index (χ0n) is 7.48. The van der Waals surface area contributed by atoms with Crippen LogP contribution < -0.4 is 5.73 Å². The highest BCUT2D eigenvalue weighted by Crippen LogP contribution is 2.20. The fourth-order valence-electron chi connectivity index (χ4n) is 0.495. The van der Waals surface area contributed by atoms with E-state index in [-0.39, 0.29) is 11.5 Å². The van der Waals surface area contributed by atoms with Crippen LogP contribution in [0.25, 0.3) is 0 Å². The van der Waals surface area contributed by atoms with Gasteiger partial charge in [0, 0.05) is 6.54 Å². The predicted molar refractivity (Wildman–Crippen MR) is 43.9 cm³/mol. The molecule has 0 fully saturated rings. The summed E-state index contributed by atoms with van der Waals surface area (Å²) in [4.78, 5) is 0. The molecule has 0 bridgehead atoms. The zero-order valence-corrected chi connectivity index (χ0v) is 7.48. The van der Waals surface area contributed by atoms with Crippen molar-refractivity contribution in [2.45, 2.75) is 33.8 Å². The maximum absolute atomic E-state index is 5.43. The van der Waals surface area contributed by atoms with Gasteiger partial charge >= 0.3 is 0 Å². The zero-order chi connectivity index (χ0) is 8.20. The fraction of sp³-hybridized carbons (Fsp3) is 1.00. The van der Waals surface area contributed by atoms with E-state index in [1.54, 1.807) is 0 Å². The molecule has 0 aromatic rings. The third-order valence-corrected chi connectivity index (χ3v) is 1.71. The van der Waals surface area contributed by atoms with Crippen molar-refractivity contribution < 1.29 is 4.74 Å². The Morgan fingerprint density at radius 1 is 1.40 bits per heavy atom. The van der Waals surface area contributed by atoms with Gasteiger partial charge < -0.3 is 10.5 Å². The van der Waals surface area contributed by atoms with Crippen molar-refractivity contribution in [2.24, 2.45) is 11.1 Å². The Bertz CT molecular complexity index is 85.7. The molecule has 0 aliphatic heterocycles. The smallest absolute Gasteiger partial charge is 0.0595 e. The summed E-state index contributed by atoms with van der Waals surface area (Å²) in [5, 5.41) is 0. The lowest BCUT2D eigenvalue weighted by Gasteiger charge is -2.26. The third kappa shape index (κ3) is 3.85. The molecule has 0 aromatic carbocycles. The van der Waals surface area contributed by atoms with E-state index < -0.39 is 0 Å². The minimum Gasteiger partial charge on any atom is -0.377 e. The van der Waals surface area contributed by atoms with Crippen LogP contribution >= 0.6 is 0 Å². The van der Waals surface area contributed by atoms with E-state index in [4.69, 9.17) is 10.5 Å². The van der Waals surface area contributed by atoms with Gasteiger partial charge in [0.05, 0.1) is 12.7 Å². The molecule has 0 spiro atoms. The van der Waals surface area contributed by atoms with E-state index >= 15 is 0 Å². The Morgan fingerprint density at radius 2 is 1.90 bits per heavy atom. The van der Waals surface area contributed by atoms with Gasteiger partial charge in [-0.2, -0.15) is 0 Å². The van der Waals surface area contributed by atoms with E-state index in [0.29, 0.717) is 13.2 Å². The molecule has 1 unspecified atom stereocenters. The standard InChI is InChI=1S/C8H19NO/c1-7(8(2,3)4)10-6-5-9/h7H,5-6,9H2,1-4H3. The van der Waals surface area contributed by atoms with Crippen LogP contribution in [-0.2, 0) is 4.74 Å². The molecule has 0 amide bonds. The van der Waals surface area contributed by atoms with Crippen LogP contribution in [0.4, 0.5) is 0 Å². The molecule has 0 aromatic heterocycles. The number of rotatable bonds is 3. The minimum absolute atomic E-state index is 0.231. The second-order valence-corrected chi connectivity index (χ2v) is 3.67. The molecule has 0 radical (unpaired) electrons. The summed E-state index contributed by atoms with van der Waals surface area (Å²) in [6, 6.07) is 0. The van der Waals surface area contributed by atoms with E-state index in [1.165, 1.54) is 0 Å². The first-order chi connectivity index (χ1) is 4.48. The first kappa shape index (κ1) is 9.92. The fourth-order valence-corrected chi connectivity index (χ4v) is 0.495. The summed E-state index contributed by atoms with van der Waals surface area (Å²) in [5.74, 6) is 0. The van der Waals surface area contributed by atoms with Crippen molar-refractivity contribution in [1.29, 1.82) is 0 Å². The molecule has 0 aliphatic rings. The maximum Gasteiger partial charge on any atom is 0.0595 e. The lowest BCUT2D eigenvalue weighted by atomic mass is 9.90. The van der Waals surface area contributed by atoms with Gasteiger partial charge in [-0.3, -0.25) is 0 Å². The van der Waals surface area contributed by atoms with Crippen molar-refractivity contribution in [2.75, 3.05) is 13.2 Å². The van der Waals surface area contributed by atoms with Gasteiger partial charge in [-0.25, -0.2) is 0 Å². The van der Waals surface area contributed by atoms with Gasteiger partial charge in [-0.1, -0.05) is 20.8 Å². The van der Waals surface area contributed by atoms with Crippen molar-refractivity contribution in [1.82, 2.24) is 0 Å². The molecule has 0 heterocycles. The second kappa shape index (κ2) is 3.94. The Hall–Kier alpha value is -0.0800. The maximum atomic E-state index is 5.43. The molecule has 2 N–H and O–H groups in total. The summed E-state index contributed by atoms with van der Waals surface area (Å²) in [5.41, 5.74) is 5.53. The Labute approximate surface area is 63.7 Å². The minimum atomic E-state index is 0.231. The van der Waals surface area contributed by atoms with Crippen molar-refractivity contribution in [3.63, 3.8) is 0 Å². The molecule has 0 rings (SSSR count). The summed E-state index contributed by atoms with van der Waals surface area (Å²) in [7, 11) is 0. The average molecular weight is 145 g/mol. The molecule has 0 aliphatic carbocycles. The van der Waals surface area contributed by atoms with Crippen LogP contribution in [0.1, 0.15) is 27.7 Å². The topological polar surface area (TPSA) is 35.2 Å². The largest absolute Gasteiger partial charge is 0.377 e. The lowest BCUT2D eigenvalue weighted by Crippen LogP contribution is -2.28. The van der Waals surface area contributed by atoms with Crippen molar-refractivity contribution in [3.05, 3.63) is 0 Å². The molecule has 62 valence electrons. The quantitative estimate of drug-likeness (QED) is 0.651. The molecule has 10 heavy (non-hydrogen) atoms. The molecule has 0 saturated carbocycles. The molecular formula is C8H19NO. The van der Waals surface area contributed by atoms with Crippen molar-refractivity contribution >= 4 is 0 Å². The molecule has 2 nitrogen and oxygen atoms in total. The van der Waals surface area contributed by atoms with Crippen LogP contribution in [-0.4, -0.2) is 19.3 Å².